The summed E-state index contributed by atoms with van der Waals surface area (Å²) in [7, 11) is 0. The van der Waals surface area contributed by atoms with Crippen molar-refractivity contribution in [3.05, 3.63) is 152 Å². The molecule has 4 heteroatoms. The van der Waals surface area contributed by atoms with Crippen molar-refractivity contribution in [3.8, 4) is 67.5 Å². The first-order chi connectivity index (χ1) is 23.3. The molecule has 10 rings (SSSR count). The lowest BCUT2D eigenvalue weighted by atomic mass is 9.92. The fourth-order valence-corrected chi connectivity index (χ4v) is 7.19. The average molecular weight is 600 g/mol. The molecular formula is C43H25N3O. The molecule has 0 saturated carbocycles. The van der Waals surface area contributed by atoms with Gasteiger partial charge in [0.25, 0.3) is 0 Å². The molecular weight excluding hydrogens is 574 g/mol. The molecule has 0 saturated heterocycles. The number of benzene rings is 7. The number of nitrogens with zero attached hydrogens (tertiary/aromatic N) is 3. The van der Waals surface area contributed by atoms with Crippen LogP contribution in [-0.4, -0.2) is 15.0 Å². The Kier molecular flexibility index (Phi) is 5.54. The minimum Gasteiger partial charge on any atom is -0.456 e. The minimum absolute atomic E-state index is 0.610. The van der Waals surface area contributed by atoms with Crippen molar-refractivity contribution in [3.63, 3.8) is 0 Å². The van der Waals surface area contributed by atoms with Crippen LogP contribution in [0.3, 0.4) is 0 Å². The summed E-state index contributed by atoms with van der Waals surface area (Å²) in [5, 5.41) is 4.62. The fraction of sp³-hybridized carbons (Fsp3) is 0. The van der Waals surface area contributed by atoms with E-state index < -0.39 is 0 Å². The van der Waals surface area contributed by atoms with Crippen LogP contribution in [-0.2, 0) is 0 Å². The summed E-state index contributed by atoms with van der Waals surface area (Å²) in [6.45, 7) is 0. The van der Waals surface area contributed by atoms with E-state index in [1.807, 2.05) is 72.8 Å². The van der Waals surface area contributed by atoms with E-state index in [-0.39, 0.29) is 0 Å². The molecule has 4 nitrogen and oxygen atoms in total. The summed E-state index contributed by atoms with van der Waals surface area (Å²) in [5.74, 6) is 1.88. The monoisotopic (exact) mass is 599 g/mol. The third-order valence-corrected chi connectivity index (χ3v) is 9.28. The van der Waals surface area contributed by atoms with Gasteiger partial charge in [0.05, 0.1) is 0 Å². The molecule has 9 aromatic rings. The van der Waals surface area contributed by atoms with Crippen LogP contribution < -0.4 is 0 Å². The van der Waals surface area contributed by atoms with Crippen LogP contribution in [0, 0.1) is 0 Å². The summed E-state index contributed by atoms with van der Waals surface area (Å²) < 4.78 is 6.45. The van der Waals surface area contributed by atoms with Gasteiger partial charge in [-0.3, -0.25) is 0 Å². The van der Waals surface area contributed by atoms with Crippen LogP contribution in [0.25, 0.3) is 100 Å². The zero-order valence-electron chi connectivity index (χ0n) is 25.2. The summed E-state index contributed by atoms with van der Waals surface area (Å²) >= 11 is 0. The van der Waals surface area contributed by atoms with E-state index in [4.69, 9.17) is 19.4 Å². The second-order valence-electron chi connectivity index (χ2n) is 12.0. The highest BCUT2D eigenvalue weighted by molar-refractivity contribution is 6.19. The van der Waals surface area contributed by atoms with Crippen molar-refractivity contribution in [2.75, 3.05) is 0 Å². The topological polar surface area (TPSA) is 51.8 Å². The van der Waals surface area contributed by atoms with Crippen LogP contribution in [0.2, 0.25) is 0 Å². The Morgan fingerprint density at radius 1 is 0.362 bits per heavy atom. The minimum atomic E-state index is 0.610. The van der Waals surface area contributed by atoms with Crippen LogP contribution in [0.15, 0.2) is 156 Å². The molecule has 47 heavy (non-hydrogen) atoms. The van der Waals surface area contributed by atoms with Crippen LogP contribution in [0.5, 0.6) is 0 Å². The van der Waals surface area contributed by atoms with Gasteiger partial charge in [0.2, 0.25) is 0 Å². The number of fused-ring (bicyclic) bond motifs is 6. The molecule has 1 aliphatic carbocycles. The standard InChI is InChI=1S/C43H25N3O/c1-3-11-27(12-4-1)41-44-42(28-13-5-2-6-14-28)46-43(45-41)34-21-10-22-37-40(34)35-25-29(23-24-36(35)47-37)30-17-9-19-32-31-18-7-15-26-16-8-20-33(38(26)31)39(30)32/h1-25H. The Labute approximate surface area is 270 Å². The Balaban J connectivity index is 1.20. The van der Waals surface area contributed by atoms with Gasteiger partial charge >= 0.3 is 0 Å². The molecule has 2 heterocycles. The maximum absolute atomic E-state index is 6.45. The predicted octanol–water partition coefficient (Wildman–Crippen LogP) is 11.2. The third-order valence-electron chi connectivity index (χ3n) is 9.28. The van der Waals surface area contributed by atoms with Crippen molar-refractivity contribution >= 4 is 32.7 Å². The Morgan fingerprint density at radius 2 is 0.957 bits per heavy atom. The van der Waals surface area contributed by atoms with Crippen molar-refractivity contribution in [2.24, 2.45) is 0 Å². The van der Waals surface area contributed by atoms with E-state index >= 15 is 0 Å². The second-order valence-corrected chi connectivity index (χ2v) is 12.0. The molecule has 2 aromatic heterocycles. The quantitative estimate of drug-likeness (QED) is 0.202. The van der Waals surface area contributed by atoms with Gasteiger partial charge in [0.1, 0.15) is 11.2 Å². The number of furan rings is 1. The predicted molar refractivity (Wildman–Crippen MR) is 191 cm³/mol. The molecule has 0 unspecified atom stereocenters. The normalized spacial score (nSPS) is 11.8. The molecule has 0 radical (unpaired) electrons. The highest BCUT2D eigenvalue weighted by Gasteiger charge is 2.25. The van der Waals surface area contributed by atoms with Crippen molar-refractivity contribution in [2.45, 2.75) is 0 Å². The number of hydrogen-bond acceptors (Lipinski definition) is 4. The Hall–Kier alpha value is -6.39. The van der Waals surface area contributed by atoms with E-state index in [2.05, 4.69) is 78.9 Å². The Bertz CT molecular complexity index is 2610. The first kappa shape index (κ1) is 25.9. The first-order valence-corrected chi connectivity index (χ1v) is 15.8. The smallest absolute Gasteiger partial charge is 0.164 e. The highest BCUT2D eigenvalue weighted by Crippen LogP contribution is 2.51. The molecule has 218 valence electrons. The van der Waals surface area contributed by atoms with Crippen molar-refractivity contribution < 1.29 is 4.42 Å². The largest absolute Gasteiger partial charge is 0.456 e. The van der Waals surface area contributed by atoms with Crippen LogP contribution in [0.1, 0.15) is 0 Å². The maximum atomic E-state index is 6.45. The number of aromatic nitrogens is 3. The van der Waals surface area contributed by atoms with E-state index in [0.717, 1.165) is 44.2 Å². The molecule has 0 N–H and O–H groups in total. The van der Waals surface area contributed by atoms with Crippen LogP contribution >= 0.6 is 0 Å². The lowest BCUT2D eigenvalue weighted by molar-refractivity contribution is 0.669. The molecule has 0 fully saturated rings. The molecule has 0 bridgehead atoms. The van der Waals surface area contributed by atoms with Gasteiger partial charge in [-0.15, -0.1) is 0 Å². The molecule has 0 atom stereocenters. The maximum Gasteiger partial charge on any atom is 0.164 e. The lowest BCUT2D eigenvalue weighted by Gasteiger charge is -2.11. The van der Waals surface area contributed by atoms with Gasteiger partial charge in [0, 0.05) is 27.5 Å². The van der Waals surface area contributed by atoms with Crippen molar-refractivity contribution in [1.82, 2.24) is 15.0 Å². The lowest BCUT2D eigenvalue weighted by Crippen LogP contribution is -2.00. The highest BCUT2D eigenvalue weighted by atomic mass is 16.3. The molecule has 7 aromatic carbocycles. The molecule has 0 amide bonds. The van der Waals surface area contributed by atoms with Crippen molar-refractivity contribution in [1.29, 1.82) is 0 Å². The van der Waals surface area contributed by atoms with Gasteiger partial charge in [0.15, 0.2) is 17.5 Å². The SMILES string of the molecule is c1ccc(-c2nc(-c3ccccc3)nc(-c3cccc4oc5ccc(-c6cccc7c6-c6cccc8cccc-7c68)cc5c34)n2)cc1. The van der Waals surface area contributed by atoms with Gasteiger partial charge in [-0.05, 0) is 62.4 Å². The third kappa shape index (κ3) is 3.98. The van der Waals surface area contributed by atoms with Gasteiger partial charge in [-0.1, -0.05) is 133 Å². The average Bonchev–Trinajstić information content (AvgIpc) is 3.69. The van der Waals surface area contributed by atoms with E-state index in [1.54, 1.807) is 0 Å². The zero-order valence-corrected chi connectivity index (χ0v) is 25.2. The summed E-state index contributed by atoms with van der Waals surface area (Å²) in [5.41, 5.74) is 11.9. The van der Waals surface area contributed by atoms with Gasteiger partial charge in [-0.25, -0.2) is 15.0 Å². The van der Waals surface area contributed by atoms with E-state index in [0.29, 0.717) is 17.5 Å². The number of hydrogen-bond donors (Lipinski definition) is 0. The molecule has 0 spiro atoms. The van der Waals surface area contributed by atoms with E-state index in [1.165, 1.54) is 38.6 Å². The van der Waals surface area contributed by atoms with Crippen LogP contribution in [0.4, 0.5) is 0 Å². The zero-order chi connectivity index (χ0) is 30.9. The molecule has 1 aliphatic rings. The van der Waals surface area contributed by atoms with Gasteiger partial charge in [-0.2, -0.15) is 0 Å². The Morgan fingerprint density at radius 3 is 1.70 bits per heavy atom. The second kappa shape index (κ2) is 10.1. The summed E-state index contributed by atoms with van der Waals surface area (Å²) in [6, 6.07) is 52.7. The van der Waals surface area contributed by atoms with E-state index in [9.17, 15) is 0 Å². The fourth-order valence-electron chi connectivity index (χ4n) is 7.19. The number of rotatable bonds is 4. The summed E-state index contributed by atoms with van der Waals surface area (Å²) in [6.07, 6.45) is 0. The molecule has 0 aliphatic heterocycles. The van der Waals surface area contributed by atoms with Gasteiger partial charge < -0.3 is 4.42 Å². The first-order valence-electron chi connectivity index (χ1n) is 15.8. The summed E-state index contributed by atoms with van der Waals surface area (Å²) in [4.78, 5) is 15.0.